The normalized spacial score (nSPS) is 22.0. The zero-order valence-corrected chi connectivity index (χ0v) is 14.9. The second kappa shape index (κ2) is 7.95. The van der Waals surface area contributed by atoms with E-state index in [1.165, 1.54) is 29.6 Å². The zero-order valence-electron chi connectivity index (χ0n) is 14.1. The molecule has 1 aliphatic heterocycles. The predicted molar refractivity (Wildman–Crippen MR) is 92.2 cm³/mol. The van der Waals surface area contributed by atoms with E-state index in [0.29, 0.717) is 11.6 Å². The second-order valence-electron chi connectivity index (χ2n) is 6.74. The first-order chi connectivity index (χ1) is 12.0. The first-order valence-corrected chi connectivity index (χ1v) is 9.67. The number of rotatable bonds is 5. The number of nitrogens with one attached hydrogen (secondary N) is 1. The summed E-state index contributed by atoms with van der Waals surface area (Å²) in [6.07, 6.45) is 7.11. The molecule has 0 aromatic carbocycles. The van der Waals surface area contributed by atoms with Crippen molar-refractivity contribution in [3.63, 3.8) is 0 Å². The summed E-state index contributed by atoms with van der Waals surface area (Å²) >= 11 is 1.20. The summed E-state index contributed by atoms with van der Waals surface area (Å²) in [7, 11) is 0. The van der Waals surface area contributed by atoms with Gasteiger partial charge < -0.3 is 15.3 Å². The Kier molecular flexibility index (Phi) is 5.67. The van der Waals surface area contributed by atoms with Gasteiger partial charge in [0.25, 0.3) is 0 Å². The Morgan fingerprint density at radius 2 is 2.00 bits per heavy atom. The van der Waals surface area contributed by atoms with Crippen LogP contribution in [0.15, 0.2) is 5.38 Å². The topological polar surface area (TPSA) is 99.6 Å². The standard InChI is InChI=1S/C17H23N3O4S/c21-15-7-11(9-20(15)12-5-3-1-2-4-6-12)16(22)18-8-14-19-13(10-25-14)17(23)24/h10-12H,1-9H2,(H,18,22)(H,23,24)/t11-/m0/s1. The minimum atomic E-state index is -1.07. The van der Waals surface area contributed by atoms with Gasteiger partial charge in [0.1, 0.15) is 5.01 Å². The van der Waals surface area contributed by atoms with Crippen molar-refractivity contribution in [2.75, 3.05) is 6.54 Å². The van der Waals surface area contributed by atoms with Gasteiger partial charge in [0.15, 0.2) is 5.69 Å². The fourth-order valence-corrected chi connectivity index (χ4v) is 4.33. The molecule has 2 aliphatic rings. The van der Waals surface area contributed by atoms with Crippen LogP contribution in [0.25, 0.3) is 0 Å². The van der Waals surface area contributed by atoms with Gasteiger partial charge >= 0.3 is 5.97 Å². The summed E-state index contributed by atoms with van der Waals surface area (Å²) in [5, 5.41) is 13.7. The van der Waals surface area contributed by atoms with E-state index in [9.17, 15) is 14.4 Å². The van der Waals surface area contributed by atoms with Crippen molar-refractivity contribution in [3.05, 3.63) is 16.1 Å². The predicted octanol–water partition coefficient (Wildman–Crippen LogP) is 2.03. The van der Waals surface area contributed by atoms with Crippen LogP contribution in [0.3, 0.4) is 0 Å². The molecule has 2 N–H and O–H groups in total. The third kappa shape index (κ3) is 4.36. The molecule has 7 nitrogen and oxygen atoms in total. The molecule has 25 heavy (non-hydrogen) atoms. The van der Waals surface area contributed by atoms with Crippen LogP contribution in [-0.4, -0.2) is 45.4 Å². The summed E-state index contributed by atoms with van der Waals surface area (Å²) in [6, 6.07) is 0.282. The Bertz CT molecular complexity index is 652. The molecule has 1 aromatic rings. The fourth-order valence-electron chi connectivity index (χ4n) is 3.63. The SMILES string of the molecule is O=C(O)c1csc(CNC(=O)[C@H]2CC(=O)N(C3CCCCCC3)C2)n1. The van der Waals surface area contributed by atoms with E-state index in [0.717, 1.165) is 25.7 Å². The minimum Gasteiger partial charge on any atom is -0.476 e. The zero-order chi connectivity index (χ0) is 17.8. The van der Waals surface area contributed by atoms with E-state index in [-0.39, 0.29) is 42.4 Å². The number of thiazole rings is 1. The van der Waals surface area contributed by atoms with Crippen molar-refractivity contribution in [2.24, 2.45) is 5.92 Å². The number of hydrogen-bond donors (Lipinski definition) is 2. The van der Waals surface area contributed by atoms with Crippen molar-refractivity contribution in [3.8, 4) is 0 Å². The molecular weight excluding hydrogens is 342 g/mol. The number of carboxylic acid groups (broad SMARTS) is 1. The van der Waals surface area contributed by atoms with Gasteiger partial charge in [0.2, 0.25) is 11.8 Å². The van der Waals surface area contributed by atoms with Gasteiger partial charge in [-0.2, -0.15) is 0 Å². The van der Waals surface area contributed by atoms with Crippen LogP contribution in [0.1, 0.15) is 60.4 Å². The number of carbonyl (C=O) groups is 3. The molecule has 0 bridgehead atoms. The smallest absolute Gasteiger partial charge is 0.355 e. The molecule has 1 saturated carbocycles. The first kappa shape index (κ1) is 17.8. The Morgan fingerprint density at radius 1 is 1.28 bits per heavy atom. The van der Waals surface area contributed by atoms with E-state index in [2.05, 4.69) is 10.3 Å². The molecular formula is C17H23N3O4S. The minimum absolute atomic E-state index is 0.00941. The third-order valence-corrected chi connectivity index (χ3v) is 5.83. The van der Waals surface area contributed by atoms with Crippen molar-refractivity contribution >= 4 is 29.1 Å². The van der Waals surface area contributed by atoms with Gasteiger partial charge in [-0.15, -0.1) is 11.3 Å². The van der Waals surface area contributed by atoms with Gasteiger partial charge in [-0.25, -0.2) is 9.78 Å². The number of carboxylic acids is 1. The monoisotopic (exact) mass is 365 g/mol. The number of amides is 2. The Hall–Kier alpha value is -1.96. The molecule has 1 aliphatic carbocycles. The number of hydrogen-bond acceptors (Lipinski definition) is 5. The quantitative estimate of drug-likeness (QED) is 0.778. The average molecular weight is 365 g/mol. The van der Waals surface area contributed by atoms with Crippen LogP contribution in [0.5, 0.6) is 0 Å². The lowest BCUT2D eigenvalue weighted by Gasteiger charge is -2.27. The van der Waals surface area contributed by atoms with Crippen LogP contribution in [-0.2, 0) is 16.1 Å². The van der Waals surface area contributed by atoms with Gasteiger partial charge in [0, 0.05) is 24.4 Å². The lowest BCUT2D eigenvalue weighted by molar-refractivity contribution is -0.130. The highest BCUT2D eigenvalue weighted by Gasteiger charge is 2.37. The lowest BCUT2D eigenvalue weighted by Crippen LogP contribution is -2.38. The second-order valence-corrected chi connectivity index (χ2v) is 7.68. The van der Waals surface area contributed by atoms with Crippen molar-refractivity contribution in [2.45, 2.75) is 57.5 Å². The fraction of sp³-hybridized carbons (Fsp3) is 0.647. The molecule has 136 valence electrons. The molecule has 1 aromatic heterocycles. The van der Waals surface area contributed by atoms with Crippen LogP contribution in [0.4, 0.5) is 0 Å². The van der Waals surface area contributed by atoms with Crippen LogP contribution in [0.2, 0.25) is 0 Å². The molecule has 3 rings (SSSR count). The average Bonchev–Trinajstić information content (AvgIpc) is 3.12. The largest absolute Gasteiger partial charge is 0.476 e. The maximum Gasteiger partial charge on any atom is 0.355 e. The van der Waals surface area contributed by atoms with E-state index in [4.69, 9.17) is 5.11 Å². The lowest BCUT2D eigenvalue weighted by atomic mass is 10.1. The van der Waals surface area contributed by atoms with Gasteiger partial charge in [0.05, 0.1) is 12.5 Å². The van der Waals surface area contributed by atoms with E-state index < -0.39 is 5.97 Å². The Balaban J connectivity index is 1.52. The molecule has 2 heterocycles. The maximum absolute atomic E-state index is 12.4. The molecule has 1 saturated heterocycles. The molecule has 2 amide bonds. The van der Waals surface area contributed by atoms with Gasteiger partial charge in [-0.3, -0.25) is 9.59 Å². The van der Waals surface area contributed by atoms with Crippen LogP contribution in [0, 0.1) is 5.92 Å². The van der Waals surface area contributed by atoms with Crippen LogP contribution < -0.4 is 5.32 Å². The van der Waals surface area contributed by atoms with Crippen molar-refractivity contribution in [1.29, 1.82) is 0 Å². The third-order valence-electron chi connectivity index (χ3n) is 4.98. The number of aromatic nitrogens is 1. The van der Waals surface area contributed by atoms with E-state index in [1.54, 1.807) is 0 Å². The molecule has 8 heteroatoms. The number of carbonyl (C=O) groups excluding carboxylic acids is 2. The molecule has 0 spiro atoms. The highest BCUT2D eigenvalue weighted by molar-refractivity contribution is 7.09. The Morgan fingerprint density at radius 3 is 2.64 bits per heavy atom. The maximum atomic E-state index is 12.4. The summed E-state index contributed by atoms with van der Waals surface area (Å²) in [5.41, 5.74) is -0.00941. The number of likely N-dealkylation sites (tertiary alicyclic amines) is 1. The summed E-state index contributed by atoms with van der Waals surface area (Å²) in [5.74, 6) is -1.48. The molecule has 0 unspecified atom stereocenters. The molecule has 0 radical (unpaired) electrons. The van der Waals surface area contributed by atoms with Gasteiger partial charge in [-0.1, -0.05) is 25.7 Å². The Labute approximate surface area is 150 Å². The van der Waals surface area contributed by atoms with E-state index in [1.807, 2.05) is 4.90 Å². The van der Waals surface area contributed by atoms with Crippen molar-refractivity contribution in [1.82, 2.24) is 15.2 Å². The van der Waals surface area contributed by atoms with Crippen molar-refractivity contribution < 1.29 is 19.5 Å². The highest BCUT2D eigenvalue weighted by atomic mass is 32.1. The first-order valence-electron chi connectivity index (χ1n) is 8.79. The summed E-state index contributed by atoms with van der Waals surface area (Å²) in [6.45, 7) is 0.693. The summed E-state index contributed by atoms with van der Waals surface area (Å²) < 4.78 is 0. The summed E-state index contributed by atoms with van der Waals surface area (Å²) in [4.78, 5) is 41.4. The number of aromatic carboxylic acids is 1. The molecule has 1 atom stereocenters. The van der Waals surface area contributed by atoms with Crippen LogP contribution >= 0.6 is 11.3 Å². The van der Waals surface area contributed by atoms with Gasteiger partial charge in [-0.05, 0) is 12.8 Å². The van der Waals surface area contributed by atoms with E-state index >= 15 is 0 Å². The highest BCUT2D eigenvalue weighted by Crippen LogP contribution is 2.28. The molecule has 2 fully saturated rings. The number of nitrogens with zero attached hydrogens (tertiary/aromatic N) is 2.